The topological polar surface area (TPSA) is 88.4 Å². The van der Waals surface area contributed by atoms with E-state index in [0.29, 0.717) is 0 Å². The number of nitrogens with one attached hydrogen (secondary N) is 1. The molecular formula is C10H11FN2O4S. The van der Waals surface area contributed by atoms with Crippen molar-refractivity contribution in [3.8, 4) is 6.07 Å². The summed E-state index contributed by atoms with van der Waals surface area (Å²) in [4.78, 5) is 6.25. The summed E-state index contributed by atoms with van der Waals surface area (Å²) in [6.07, 6.45) is 0. The number of benzene rings is 1. The molecule has 0 radical (unpaired) electrons. The zero-order valence-corrected chi connectivity index (χ0v) is 10.3. The molecule has 0 saturated carbocycles. The lowest BCUT2D eigenvalue weighted by Crippen LogP contribution is -2.25. The third kappa shape index (κ3) is 3.75. The quantitative estimate of drug-likeness (QED) is 0.604. The van der Waals surface area contributed by atoms with Gasteiger partial charge in [-0.05, 0) is 18.2 Å². The van der Waals surface area contributed by atoms with Crippen LogP contribution in [0.2, 0.25) is 0 Å². The van der Waals surface area contributed by atoms with Crippen LogP contribution >= 0.6 is 0 Å². The lowest BCUT2D eigenvalue weighted by Gasteiger charge is -2.07. The van der Waals surface area contributed by atoms with Gasteiger partial charge in [0.05, 0.1) is 23.7 Å². The zero-order valence-electron chi connectivity index (χ0n) is 9.51. The Morgan fingerprint density at radius 1 is 1.44 bits per heavy atom. The van der Waals surface area contributed by atoms with Crippen molar-refractivity contribution in [2.45, 2.75) is 4.90 Å². The van der Waals surface area contributed by atoms with Crippen molar-refractivity contribution in [2.75, 3.05) is 20.3 Å². The largest absolute Gasteiger partial charge is 0.382 e. The smallest absolute Gasteiger partial charge is 0.262 e. The Hall–Kier alpha value is -1.53. The van der Waals surface area contributed by atoms with Gasteiger partial charge in [-0.15, -0.1) is 0 Å². The maximum absolute atomic E-state index is 13.0. The molecule has 0 atom stereocenters. The molecule has 0 aliphatic heterocycles. The first-order valence-electron chi connectivity index (χ1n) is 4.83. The van der Waals surface area contributed by atoms with Crippen LogP contribution in [0.1, 0.15) is 5.56 Å². The number of hydrogen-bond acceptors (Lipinski definition) is 5. The Labute approximate surface area is 104 Å². The Bertz CT molecular complexity index is 553. The molecule has 0 fully saturated rings. The van der Waals surface area contributed by atoms with Crippen molar-refractivity contribution < 1.29 is 22.4 Å². The van der Waals surface area contributed by atoms with Crippen molar-refractivity contribution in [3.63, 3.8) is 0 Å². The van der Waals surface area contributed by atoms with E-state index >= 15 is 0 Å². The molecule has 0 saturated heterocycles. The van der Waals surface area contributed by atoms with Gasteiger partial charge in [0.25, 0.3) is 10.0 Å². The highest BCUT2D eigenvalue weighted by atomic mass is 32.2. The number of sulfonamides is 1. The van der Waals surface area contributed by atoms with E-state index in [1.807, 2.05) is 4.89 Å². The molecule has 0 aliphatic rings. The number of nitriles is 1. The molecule has 0 unspecified atom stereocenters. The molecule has 6 nitrogen and oxygen atoms in total. The second-order valence-corrected chi connectivity index (χ2v) is 4.83. The van der Waals surface area contributed by atoms with E-state index in [-0.39, 0.29) is 23.7 Å². The van der Waals surface area contributed by atoms with Gasteiger partial charge in [0.2, 0.25) is 0 Å². The van der Waals surface area contributed by atoms with Gasteiger partial charge in [-0.3, -0.25) is 4.84 Å². The van der Waals surface area contributed by atoms with Crippen molar-refractivity contribution in [2.24, 2.45) is 0 Å². The number of hydrogen-bond donors (Lipinski definition) is 1. The molecule has 0 amide bonds. The van der Waals surface area contributed by atoms with Crippen LogP contribution in [0.15, 0.2) is 23.1 Å². The monoisotopic (exact) mass is 274 g/mol. The molecule has 1 aromatic rings. The molecule has 18 heavy (non-hydrogen) atoms. The molecule has 0 aliphatic carbocycles. The van der Waals surface area contributed by atoms with Crippen LogP contribution in [0.25, 0.3) is 0 Å². The van der Waals surface area contributed by atoms with Crippen molar-refractivity contribution in [1.29, 1.82) is 5.26 Å². The summed E-state index contributed by atoms with van der Waals surface area (Å²) in [7, 11) is -2.49. The second kappa shape index (κ2) is 6.42. The van der Waals surface area contributed by atoms with Gasteiger partial charge in [-0.1, -0.05) is 4.89 Å². The van der Waals surface area contributed by atoms with Crippen LogP contribution in [-0.4, -0.2) is 28.7 Å². The predicted molar refractivity (Wildman–Crippen MR) is 59.3 cm³/mol. The summed E-state index contributed by atoms with van der Waals surface area (Å²) < 4.78 is 41.0. The van der Waals surface area contributed by atoms with Crippen LogP contribution in [0, 0.1) is 17.1 Å². The van der Waals surface area contributed by atoms with Crippen LogP contribution < -0.4 is 4.89 Å². The fraction of sp³-hybridized carbons (Fsp3) is 0.300. The molecule has 0 bridgehead atoms. The van der Waals surface area contributed by atoms with E-state index in [2.05, 4.69) is 9.57 Å². The first-order chi connectivity index (χ1) is 8.51. The summed E-state index contributed by atoms with van der Waals surface area (Å²) >= 11 is 0. The zero-order chi connectivity index (χ0) is 13.6. The molecular weight excluding hydrogens is 263 g/mol. The molecule has 1 aromatic carbocycles. The van der Waals surface area contributed by atoms with Gasteiger partial charge in [0.15, 0.2) is 0 Å². The maximum atomic E-state index is 13.0. The fourth-order valence-electron chi connectivity index (χ4n) is 1.05. The minimum Gasteiger partial charge on any atom is -0.382 e. The van der Waals surface area contributed by atoms with Crippen molar-refractivity contribution in [1.82, 2.24) is 4.89 Å². The lowest BCUT2D eigenvalue weighted by atomic mass is 10.2. The first-order valence-corrected chi connectivity index (χ1v) is 6.32. The van der Waals surface area contributed by atoms with E-state index in [0.717, 1.165) is 18.2 Å². The highest BCUT2D eigenvalue weighted by Crippen LogP contribution is 2.14. The molecule has 1 N–H and O–H groups in total. The number of methoxy groups -OCH3 is 1. The lowest BCUT2D eigenvalue weighted by molar-refractivity contribution is 0.0438. The minimum absolute atomic E-state index is 0.0298. The average molecular weight is 274 g/mol. The van der Waals surface area contributed by atoms with Gasteiger partial charge in [-0.25, -0.2) is 12.8 Å². The molecule has 8 heteroatoms. The SMILES string of the molecule is COCCONS(=O)(=O)c1ccc(F)c(C#N)c1. The number of ether oxygens (including phenoxy) is 1. The third-order valence-corrected chi connectivity index (χ3v) is 3.14. The number of halogens is 1. The van der Waals surface area contributed by atoms with Gasteiger partial charge < -0.3 is 4.74 Å². The predicted octanol–water partition coefficient (Wildman–Crippen LogP) is 0.554. The van der Waals surface area contributed by atoms with Gasteiger partial charge in [0.1, 0.15) is 11.9 Å². The van der Waals surface area contributed by atoms with Gasteiger partial charge >= 0.3 is 0 Å². The third-order valence-electron chi connectivity index (χ3n) is 1.93. The molecule has 0 heterocycles. The Kier molecular flexibility index (Phi) is 5.18. The standard InChI is InChI=1S/C10H11FN2O4S/c1-16-4-5-17-13-18(14,15)9-2-3-10(11)8(6-9)7-12/h2-3,6,13H,4-5H2,1H3. The Balaban J connectivity index is 2.83. The Morgan fingerprint density at radius 3 is 2.78 bits per heavy atom. The van der Waals surface area contributed by atoms with E-state index in [1.165, 1.54) is 7.11 Å². The van der Waals surface area contributed by atoms with Crippen LogP contribution in [0.3, 0.4) is 0 Å². The highest BCUT2D eigenvalue weighted by Gasteiger charge is 2.16. The Morgan fingerprint density at radius 2 is 2.17 bits per heavy atom. The van der Waals surface area contributed by atoms with Crippen molar-refractivity contribution >= 4 is 10.0 Å². The maximum Gasteiger partial charge on any atom is 0.262 e. The van der Waals surface area contributed by atoms with Gasteiger partial charge in [-0.2, -0.15) is 5.26 Å². The van der Waals surface area contributed by atoms with Gasteiger partial charge in [0, 0.05) is 7.11 Å². The minimum atomic E-state index is -3.94. The van der Waals surface area contributed by atoms with E-state index in [4.69, 9.17) is 5.26 Å². The molecule has 98 valence electrons. The molecule has 1 rings (SSSR count). The number of rotatable bonds is 6. The van der Waals surface area contributed by atoms with E-state index < -0.39 is 15.8 Å². The summed E-state index contributed by atoms with van der Waals surface area (Å²) in [5, 5.41) is 8.60. The van der Waals surface area contributed by atoms with Crippen LogP contribution in [-0.2, 0) is 19.6 Å². The highest BCUT2D eigenvalue weighted by molar-refractivity contribution is 7.89. The summed E-state index contributed by atoms with van der Waals surface area (Å²) in [6, 6.07) is 4.43. The average Bonchev–Trinajstić information content (AvgIpc) is 2.35. The summed E-state index contributed by atoms with van der Waals surface area (Å²) in [6.45, 7) is 0.247. The summed E-state index contributed by atoms with van der Waals surface area (Å²) in [5.74, 6) is -0.781. The second-order valence-electron chi connectivity index (χ2n) is 3.18. The first kappa shape index (κ1) is 14.5. The fourth-order valence-corrected chi connectivity index (χ4v) is 1.90. The van der Waals surface area contributed by atoms with E-state index in [9.17, 15) is 12.8 Å². The van der Waals surface area contributed by atoms with E-state index in [1.54, 1.807) is 6.07 Å². The van der Waals surface area contributed by atoms with Crippen LogP contribution in [0.5, 0.6) is 0 Å². The normalized spacial score (nSPS) is 11.2. The van der Waals surface area contributed by atoms with Crippen molar-refractivity contribution in [3.05, 3.63) is 29.6 Å². The molecule has 0 aromatic heterocycles. The van der Waals surface area contributed by atoms with Crippen LogP contribution in [0.4, 0.5) is 4.39 Å². The number of nitrogens with zero attached hydrogens (tertiary/aromatic N) is 1. The molecule has 0 spiro atoms. The summed E-state index contributed by atoms with van der Waals surface area (Å²) in [5.41, 5.74) is -0.352.